The molecule has 2 heterocycles. The summed E-state index contributed by atoms with van der Waals surface area (Å²) in [7, 11) is 1.68. The molecule has 1 atom stereocenters. The van der Waals surface area contributed by atoms with Gasteiger partial charge in [0.2, 0.25) is 0 Å². The van der Waals surface area contributed by atoms with Crippen LogP contribution in [0.15, 0.2) is 30.5 Å². The maximum atomic E-state index is 9.66. The molecule has 0 bridgehead atoms. The van der Waals surface area contributed by atoms with Gasteiger partial charge in [-0.05, 0) is 24.1 Å². The third kappa shape index (κ3) is 2.63. The normalized spacial score (nSPS) is 18.1. The number of fused-ring (bicyclic) bond motifs is 1. The Bertz CT molecular complexity index is 577. The summed E-state index contributed by atoms with van der Waals surface area (Å²) in [6, 6.07) is 8.05. The van der Waals surface area contributed by atoms with Crippen LogP contribution in [0.1, 0.15) is 23.5 Å². The molecule has 1 aromatic heterocycles. The first-order valence-corrected chi connectivity index (χ1v) is 6.60. The maximum Gasteiger partial charge on any atom is 0.119 e. The number of aliphatic hydroxyl groups is 1. The Balaban J connectivity index is 1.80. The van der Waals surface area contributed by atoms with Gasteiger partial charge in [-0.15, -0.1) is 0 Å². The van der Waals surface area contributed by atoms with Crippen LogP contribution in [0.4, 0.5) is 0 Å². The molecule has 1 aliphatic rings. The highest BCUT2D eigenvalue weighted by atomic mass is 16.5. The van der Waals surface area contributed by atoms with Crippen LogP contribution in [-0.2, 0) is 19.4 Å². The van der Waals surface area contributed by atoms with Crippen molar-refractivity contribution in [1.82, 2.24) is 9.55 Å². The van der Waals surface area contributed by atoms with E-state index in [4.69, 9.17) is 4.74 Å². The second-order valence-corrected chi connectivity index (χ2v) is 5.02. The molecule has 1 aliphatic heterocycles. The number of imidazole rings is 1. The van der Waals surface area contributed by atoms with Crippen molar-refractivity contribution in [2.24, 2.45) is 0 Å². The number of methoxy groups -OCH3 is 1. The van der Waals surface area contributed by atoms with Crippen LogP contribution in [-0.4, -0.2) is 27.9 Å². The number of nitrogens with zero attached hydrogens (tertiary/aromatic N) is 2. The molecule has 4 nitrogen and oxygen atoms in total. The first kappa shape index (κ1) is 12.2. The zero-order chi connectivity index (χ0) is 13.2. The molecule has 0 fully saturated rings. The Morgan fingerprint density at radius 2 is 2.37 bits per heavy atom. The molecule has 3 rings (SSSR count). The fourth-order valence-corrected chi connectivity index (χ4v) is 2.56. The highest BCUT2D eigenvalue weighted by Gasteiger charge is 2.18. The van der Waals surface area contributed by atoms with E-state index in [1.165, 1.54) is 5.56 Å². The molecular formula is C15H18N2O2. The minimum absolute atomic E-state index is 0.230. The average molecular weight is 258 g/mol. The third-order valence-electron chi connectivity index (χ3n) is 3.54. The highest BCUT2D eigenvalue weighted by molar-refractivity contribution is 5.31. The number of aryl methyl sites for hydroxylation is 1. The van der Waals surface area contributed by atoms with Gasteiger partial charge in [0.1, 0.15) is 11.6 Å². The fraction of sp³-hybridized carbons (Fsp3) is 0.400. The van der Waals surface area contributed by atoms with Crippen LogP contribution in [0.5, 0.6) is 5.75 Å². The van der Waals surface area contributed by atoms with Crippen molar-refractivity contribution in [3.63, 3.8) is 0 Å². The molecule has 0 amide bonds. The van der Waals surface area contributed by atoms with Crippen molar-refractivity contribution >= 4 is 0 Å². The molecule has 0 radical (unpaired) electrons. The lowest BCUT2D eigenvalue weighted by atomic mass is 10.1. The molecule has 4 heteroatoms. The molecule has 100 valence electrons. The van der Waals surface area contributed by atoms with E-state index in [0.717, 1.165) is 36.5 Å². The quantitative estimate of drug-likeness (QED) is 0.913. The summed E-state index contributed by atoms with van der Waals surface area (Å²) in [5.74, 6) is 1.96. The van der Waals surface area contributed by atoms with Gasteiger partial charge in [-0.1, -0.05) is 12.1 Å². The lowest BCUT2D eigenvalue weighted by Crippen LogP contribution is -2.23. The van der Waals surface area contributed by atoms with Gasteiger partial charge in [-0.3, -0.25) is 0 Å². The number of hydrogen-bond acceptors (Lipinski definition) is 3. The molecule has 1 aromatic carbocycles. The van der Waals surface area contributed by atoms with Crippen molar-refractivity contribution in [2.75, 3.05) is 7.11 Å². The van der Waals surface area contributed by atoms with Gasteiger partial charge in [0.05, 0.1) is 18.9 Å². The van der Waals surface area contributed by atoms with Crippen LogP contribution in [0.2, 0.25) is 0 Å². The van der Waals surface area contributed by atoms with Crippen molar-refractivity contribution < 1.29 is 9.84 Å². The number of ether oxygens (including phenoxy) is 1. The van der Waals surface area contributed by atoms with Crippen LogP contribution in [0, 0.1) is 0 Å². The van der Waals surface area contributed by atoms with Crippen LogP contribution in [0.3, 0.4) is 0 Å². The van der Waals surface area contributed by atoms with Crippen molar-refractivity contribution in [3.05, 3.63) is 47.5 Å². The molecule has 1 unspecified atom stereocenters. The zero-order valence-corrected chi connectivity index (χ0v) is 11.0. The topological polar surface area (TPSA) is 47.3 Å². The van der Waals surface area contributed by atoms with E-state index in [1.807, 2.05) is 18.2 Å². The van der Waals surface area contributed by atoms with Crippen molar-refractivity contribution in [3.8, 4) is 5.75 Å². The Morgan fingerprint density at radius 1 is 1.47 bits per heavy atom. The lowest BCUT2D eigenvalue weighted by Gasteiger charge is -2.18. The largest absolute Gasteiger partial charge is 0.497 e. The van der Waals surface area contributed by atoms with Gasteiger partial charge in [-0.25, -0.2) is 4.98 Å². The Morgan fingerprint density at radius 3 is 3.21 bits per heavy atom. The van der Waals surface area contributed by atoms with Crippen LogP contribution >= 0.6 is 0 Å². The summed E-state index contributed by atoms with van der Waals surface area (Å²) in [4.78, 5) is 4.65. The van der Waals surface area contributed by atoms with Gasteiger partial charge in [-0.2, -0.15) is 0 Å². The van der Waals surface area contributed by atoms with Crippen LogP contribution < -0.4 is 4.74 Å². The number of rotatable bonds is 3. The third-order valence-corrected chi connectivity index (χ3v) is 3.54. The van der Waals surface area contributed by atoms with Gasteiger partial charge in [0.15, 0.2) is 0 Å². The Labute approximate surface area is 112 Å². The average Bonchev–Trinajstić information content (AvgIpc) is 2.80. The standard InChI is InChI=1S/C15H18N2O2/c1-19-14-4-2-3-11(8-14)7-12-9-17-10-13(18)5-6-15(17)16-12/h2-4,8-9,13,18H,5-7,10H2,1H3. The van der Waals surface area contributed by atoms with Gasteiger partial charge in [0.25, 0.3) is 0 Å². The molecule has 0 spiro atoms. The van der Waals surface area contributed by atoms with E-state index in [0.29, 0.717) is 6.54 Å². The summed E-state index contributed by atoms with van der Waals surface area (Å²) < 4.78 is 7.30. The van der Waals surface area contributed by atoms with E-state index in [2.05, 4.69) is 21.8 Å². The fourth-order valence-electron chi connectivity index (χ4n) is 2.56. The van der Waals surface area contributed by atoms with Gasteiger partial charge in [0, 0.05) is 25.6 Å². The van der Waals surface area contributed by atoms with E-state index in [1.54, 1.807) is 7.11 Å². The molecular weight excluding hydrogens is 240 g/mol. The SMILES string of the molecule is COc1cccc(Cc2cn3c(n2)CCC(O)C3)c1. The van der Waals surface area contributed by atoms with E-state index >= 15 is 0 Å². The summed E-state index contributed by atoms with van der Waals surface area (Å²) in [6.45, 7) is 0.667. The second-order valence-electron chi connectivity index (χ2n) is 5.02. The van der Waals surface area contributed by atoms with Gasteiger partial charge >= 0.3 is 0 Å². The summed E-state index contributed by atoms with van der Waals surface area (Å²) in [6.07, 6.45) is 4.30. The summed E-state index contributed by atoms with van der Waals surface area (Å²) >= 11 is 0. The molecule has 19 heavy (non-hydrogen) atoms. The van der Waals surface area contributed by atoms with Crippen molar-refractivity contribution in [1.29, 1.82) is 0 Å². The van der Waals surface area contributed by atoms with E-state index < -0.39 is 0 Å². The van der Waals surface area contributed by atoms with Crippen LogP contribution in [0.25, 0.3) is 0 Å². The molecule has 0 saturated carbocycles. The predicted molar refractivity (Wildman–Crippen MR) is 72.4 cm³/mol. The number of benzene rings is 1. The zero-order valence-electron chi connectivity index (χ0n) is 11.0. The second kappa shape index (κ2) is 5.05. The minimum atomic E-state index is -0.230. The molecule has 0 aliphatic carbocycles. The molecule has 1 N–H and O–H groups in total. The first-order chi connectivity index (χ1) is 9.24. The summed E-state index contributed by atoms with van der Waals surface area (Å²) in [5, 5.41) is 9.66. The number of aliphatic hydroxyl groups excluding tert-OH is 1. The lowest BCUT2D eigenvalue weighted by molar-refractivity contribution is 0.130. The van der Waals surface area contributed by atoms with Crippen molar-refractivity contribution in [2.45, 2.75) is 31.9 Å². The van der Waals surface area contributed by atoms with E-state index in [-0.39, 0.29) is 6.10 Å². The minimum Gasteiger partial charge on any atom is -0.497 e. The number of hydrogen-bond donors (Lipinski definition) is 1. The first-order valence-electron chi connectivity index (χ1n) is 6.60. The Hall–Kier alpha value is -1.81. The van der Waals surface area contributed by atoms with Gasteiger partial charge < -0.3 is 14.4 Å². The molecule has 0 saturated heterocycles. The number of aromatic nitrogens is 2. The maximum absolute atomic E-state index is 9.66. The predicted octanol–water partition coefficient (Wildman–Crippen LogP) is 1.79. The highest BCUT2D eigenvalue weighted by Crippen LogP contribution is 2.19. The van der Waals surface area contributed by atoms with E-state index in [9.17, 15) is 5.11 Å². The molecule has 2 aromatic rings. The Kier molecular flexibility index (Phi) is 3.25. The monoisotopic (exact) mass is 258 g/mol. The smallest absolute Gasteiger partial charge is 0.119 e. The summed E-state index contributed by atoms with van der Waals surface area (Å²) in [5.41, 5.74) is 2.24.